The molecule has 2 amide bonds. The Morgan fingerprint density at radius 1 is 0.980 bits per heavy atom. The molecule has 1 aliphatic heterocycles. The molecule has 0 saturated heterocycles. The van der Waals surface area contributed by atoms with Crippen molar-refractivity contribution in [2.45, 2.75) is 89.1 Å². The summed E-state index contributed by atoms with van der Waals surface area (Å²) in [5.74, 6) is -1.66. The van der Waals surface area contributed by atoms with Gasteiger partial charge in [0.25, 0.3) is 5.91 Å². The number of carbonyl (C=O) groups is 3. The first-order valence-corrected chi connectivity index (χ1v) is 19.3. The average molecular weight is 745 g/mol. The standard InChI is InChI=1S/C37H43Cl2N3O7S/c1-22(23-11-10-12-25(19-23)48-21-32(43)49-37(2,3)4)40-35(44)33-26-13-6-7-14-27(26)36(45)42(34(33)28-18-17-24(38)20-29(28)39)31-16-9-8-15-30(31)41-50(5,46)47/h6-7,10-14,17-20,22,30-31,33-34,41H,8-9,15-16,21H2,1-5H3,(H,40,44)/t22?,30?,31-,33+,34-/m0/s1. The molecule has 1 fully saturated rings. The molecule has 0 aromatic heterocycles. The van der Waals surface area contributed by atoms with Crippen molar-refractivity contribution < 1.29 is 32.3 Å². The van der Waals surface area contributed by atoms with Crippen LogP contribution in [-0.4, -0.2) is 61.6 Å². The molecule has 2 N–H and O–H groups in total. The maximum absolute atomic E-state index is 14.7. The molecule has 0 spiro atoms. The van der Waals surface area contributed by atoms with Crippen molar-refractivity contribution in [2.24, 2.45) is 0 Å². The molecule has 1 aliphatic carbocycles. The second kappa shape index (κ2) is 15.3. The molecule has 268 valence electrons. The summed E-state index contributed by atoms with van der Waals surface area (Å²) < 4.78 is 38.8. The number of carbonyl (C=O) groups excluding carboxylic acids is 3. The smallest absolute Gasteiger partial charge is 0.344 e. The Kier molecular flexibility index (Phi) is 11.5. The lowest BCUT2D eigenvalue weighted by Gasteiger charge is -2.49. The number of amides is 2. The van der Waals surface area contributed by atoms with Gasteiger partial charge in [0.15, 0.2) is 6.61 Å². The van der Waals surface area contributed by atoms with Crippen LogP contribution in [0, 0.1) is 0 Å². The van der Waals surface area contributed by atoms with Crippen LogP contribution >= 0.6 is 23.2 Å². The van der Waals surface area contributed by atoms with E-state index in [9.17, 15) is 22.8 Å². The van der Waals surface area contributed by atoms with Crippen molar-refractivity contribution in [3.63, 3.8) is 0 Å². The monoisotopic (exact) mass is 743 g/mol. The summed E-state index contributed by atoms with van der Waals surface area (Å²) in [7, 11) is -3.61. The van der Waals surface area contributed by atoms with Gasteiger partial charge in [-0.15, -0.1) is 0 Å². The summed E-state index contributed by atoms with van der Waals surface area (Å²) in [4.78, 5) is 43.1. The number of nitrogens with zero attached hydrogens (tertiary/aromatic N) is 1. The maximum Gasteiger partial charge on any atom is 0.344 e. The first kappa shape index (κ1) is 37.6. The van der Waals surface area contributed by atoms with Gasteiger partial charge in [-0.05, 0) is 87.6 Å². The molecule has 10 nitrogen and oxygen atoms in total. The normalized spacial score (nSPS) is 21.6. The van der Waals surface area contributed by atoms with Gasteiger partial charge in [0.1, 0.15) is 11.4 Å². The van der Waals surface area contributed by atoms with Gasteiger partial charge in [-0.3, -0.25) is 9.59 Å². The first-order chi connectivity index (χ1) is 23.5. The van der Waals surface area contributed by atoms with Crippen molar-refractivity contribution in [1.29, 1.82) is 0 Å². The second-order valence-corrected chi connectivity index (χ2v) is 16.5. The molecule has 0 bridgehead atoms. The SMILES string of the molecule is CC(NC(=O)[C@@H]1c2ccccc2C(=O)N([C@H]2CCCCC2NS(C)(=O)=O)[C@H]1c1ccc(Cl)cc1Cl)c1cccc(OCC(=O)OC(C)(C)C)c1. The molecule has 3 aromatic rings. The molecule has 2 unspecified atom stereocenters. The van der Waals surface area contributed by atoms with Crippen molar-refractivity contribution in [1.82, 2.24) is 14.9 Å². The minimum Gasteiger partial charge on any atom is -0.482 e. The van der Waals surface area contributed by atoms with Crippen LogP contribution in [0.3, 0.4) is 0 Å². The lowest BCUT2D eigenvalue weighted by molar-refractivity contribution is -0.157. The number of hydrogen-bond donors (Lipinski definition) is 2. The lowest BCUT2D eigenvalue weighted by Crippen LogP contribution is -2.59. The zero-order valence-corrected chi connectivity index (χ0v) is 31.1. The number of sulfonamides is 1. The third kappa shape index (κ3) is 8.98. The van der Waals surface area contributed by atoms with E-state index < -0.39 is 51.7 Å². The largest absolute Gasteiger partial charge is 0.482 e. The van der Waals surface area contributed by atoms with E-state index >= 15 is 0 Å². The third-order valence-corrected chi connectivity index (χ3v) is 10.2. The summed E-state index contributed by atoms with van der Waals surface area (Å²) in [6, 6.07) is 16.5. The number of ether oxygens (including phenoxy) is 2. The predicted octanol–water partition coefficient (Wildman–Crippen LogP) is 6.73. The van der Waals surface area contributed by atoms with Gasteiger partial charge in [-0.1, -0.05) is 72.4 Å². The Morgan fingerprint density at radius 2 is 1.70 bits per heavy atom. The maximum atomic E-state index is 14.7. The van der Waals surface area contributed by atoms with Crippen LogP contribution in [0.15, 0.2) is 66.7 Å². The molecular formula is C37H43Cl2N3O7S. The average Bonchev–Trinajstić information content (AvgIpc) is 3.03. The van der Waals surface area contributed by atoms with E-state index in [1.165, 1.54) is 0 Å². The number of benzene rings is 3. The topological polar surface area (TPSA) is 131 Å². The van der Waals surface area contributed by atoms with Crippen LogP contribution in [0.5, 0.6) is 5.75 Å². The Bertz CT molecular complexity index is 1860. The first-order valence-electron chi connectivity index (χ1n) is 16.6. The van der Waals surface area contributed by atoms with E-state index in [4.69, 9.17) is 32.7 Å². The zero-order chi connectivity index (χ0) is 36.4. The Labute approximate surface area is 303 Å². The third-order valence-electron chi connectivity index (χ3n) is 8.89. The zero-order valence-electron chi connectivity index (χ0n) is 28.7. The number of fused-ring (bicyclic) bond motifs is 1. The minimum atomic E-state index is -3.61. The summed E-state index contributed by atoms with van der Waals surface area (Å²) in [5.41, 5.74) is 1.50. The van der Waals surface area contributed by atoms with Crippen LogP contribution in [-0.2, 0) is 24.3 Å². The number of esters is 1. The Morgan fingerprint density at radius 3 is 2.40 bits per heavy atom. The quantitative estimate of drug-likeness (QED) is 0.220. The molecule has 1 saturated carbocycles. The minimum absolute atomic E-state index is 0.274. The van der Waals surface area contributed by atoms with Crippen LogP contribution in [0.1, 0.15) is 98.4 Å². The van der Waals surface area contributed by atoms with E-state index in [1.807, 2.05) is 13.0 Å². The van der Waals surface area contributed by atoms with Gasteiger partial charge < -0.3 is 19.7 Å². The van der Waals surface area contributed by atoms with Crippen LogP contribution in [0.4, 0.5) is 0 Å². The summed E-state index contributed by atoms with van der Waals surface area (Å²) in [5, 5.41) is 3.82. The fraction of sp³-hybridized carbons (Fsp3) is 0.432. The summed E-state index contributed by atoms with van der Waals surface area (Å²) >= 11 is 13.2. The van der Waals surface area contributed by atoms with Gasteiger partial charge in [0.2, 0.25) is 15.9 Å². The molecule has 2 aliphatic rings. The lowest BCUT2D eigenvalue weighted by atomic mass is 9.76. The molecule has 1 heterocycles. The fourth-order valence-corrected chi connectivity index (χ4v) is 8.25. The van der Waals surface area contributed by atoms with Gasteiger partial charge in [0, 0.05) is 27.7 Å². The van der Waals surface area contributed by atoms with E-state index in [0.29, 0.717) is 40.3 Å². The van der Waals surface area contributed by atoms with Crippen molar-refractivity contribution >= 4 is 51.0 Å². The van der Waals surface area contributed by atoms with Gasteiger partial charge in [0.05, 0.1) is 24.3 Å². The molecule has 50 heavy (non-hydrogen) atoms. The van der Waals surface area contributed by atoms with E-state index in [2.05, 4.69) is 10.0 Å². The molecule has 13 heteroatoms. The van der Waals surface area contributed by atoms with Crippen molar-refractivity contribution in [2.75, 3.05) is 12.9 Å². The van der Waals surface area contributed by atoms with Gasteiger partial charge in [-0.25, -0.2) is 17.9 Å². The van der Waals surface area contributed by atoms with E-state index in [-0.39, 0.29) is 23.4 Å². The number of nitrogens with one attached hydrogen (secondary N) is 2. The molecule has 5 atom stereocenters. The molecule has 0 radical (unpaired) electrons. The van der Waals surface area contributed by atoms with Crippen molar-refractivity contribution in [3.8, 4) is 5.75 Å². The van der Waals surface area contributed by atoms with Crippen LogP contribution < -0.4 is 14.8 Å². The number of hydrogen-bond acceptors (Lipinski definition) is 7. The summed E-state index contributed by atoms with van der Waals surface area (Å²) in [6.07, 6.45) is 3.73. The number of halogens is 2. The second-order valence-electron chi connectivity index (χ2n) is 13.9. The van der Waals surface area contributed by atoms with Gasteiger partial charge in [-0.2, -0.15) is 0 Å². The number of rotatable bonds is 10. The molecular weight excluding hydrogens is 701 g/mol. The Balaban J connectivity index is 1.52. The van der Waals surface area contributed by atoms with E-state index in [0.717, 1.165) is 24.7 Å². The van der Waals surface area contributed by atoms with Crippen molar-refractivity contribution in [3.05, 3.63) is 99.0 Å². The highest BCUT2D eigenvalue weighted by atomic mass is 35.5. The molecule has 5 rings (SSSR count). The fourth-order valence-electron chi connectivity index (χ4n) is 6.90. The van der Waals surface area contributed by atoms with E-state index in [1.54, 1.807) is 86.3 Å². The predicted molar refractivity (Wildman–Crippen MR) is 193 cm³/mol. The summed E-state index contributed by atoms with van der Waals surface area (Å²) in [6.45, 7) is 6.90. The highest BCUT2D eigenvalue weighted by Crippen LogP contribution is 2.48. The highest BCUT2D eigenvalue weighted by molar-refractivity contribution is 7.88. The van der Waals surface area contributed by atoms with Crippen LogP contribution in [0.2, 0.25) is 10.0 Å². The molecule has 3 aromatic carbocycles. The van der Waals surface area contributed by atoms with Crippen LogP contribution in [0.25, 0.3) is 0 Å². The van der Waals surface area contributed by atoms with Gasteiger partial charge >= 0.3 is 5.97 Å². The highest BCUT2D eigenvalue weighted by Gasteiger charge is 2.49. The Hall–Kier alpha value is -3.64.